The number of nitrogens with two attached hydrogens (primary N) is 2. The van der Waals surface area contributed by atoms with Gasteiger partial charge in [0, 0.05) is 35.4 Å². The number of furan rings is 1. The van der Waals surface area contributed by atoms with Gasteiger partial charge in [-0.2, -0.15) is 5.10 Å². The zero-order chi connectivity index (χ0) is 19.6. The average molecular weight is 370 g/mol. The molecule has 0 aliphatic heterocycles. The summed E-state index contributed by atoms with van der Waals surface area (Å²) >= 11 is 0. The summed E-state index contributed by atoms with van der Waals surface area (Å²) in [6.07, 6.45) is 2.13. The number of amides is 1. The van der Waals surface area contributed by atoms with Gasteiger partial charge in [0.25, 0.3) is 11.6 Å². The number of fused-ring (bicyclic) bond motifs is 1. The topological polar surface area (TPSA) is 162 Å². The minimum absolute atomic E-state index is 0.116. The van der Waals surface area contributed by atoms with Crippen molar-refractivity contribution in [1.29, 1.82) is 0 Å². The lowest BCUT2D eigenvalue weighted by Gasteiger charge is -2.11. The van der Waals surface area contributed by atoms with Gasteiger partial charge in [-0.15, -0.1) is 5.10 Å². The number of hydrogen-bond donors (Lipinski definition) is 3. The maximum absolute atomic E-state index is 12.6. The van der Waals surface area contributed by atoms with Gasteiger partial charge in [0.05, 0.1) is 10.6 Å². The third-order valence-electron chi connectivity index (χ3n) is 4.13. The first-order valence-electron chi connectivity index (χ1n) is 8.20. The van der Waals surface area contributed by atoms with Crippen LogP contribution in [0.5, 0.6) is 0 Å². The van der Waals surface area contributed by atoms with Gasteiger partial charge in [-0.1, -0.05) is 6.07 Å². The first kappa shape index (κ1) is 18.1. The van der Waals surface area contributed by atoms with Gasteiger partial charge in [0.2, 0.25) is 5.96 Å². The lowest BCUT2D eigenvalue weighted by atomic mass is 9.93. The lowest BCUT2D eigenvalue weighted by molar-refractivity contribution is -0.384. The number of anilines is 1. The molecule has 0 radical (unpaired) electrons. The fourth-order valence-electron chi connectivity index (χ4n) is 2.99. The minimum Gasteiger partial charge on any atom is -0.455 e. The molecule has 5 N–H and O–H groups in total. The second-order valence-electron chi connectivity index (χ2n) is 6.04. The summed E-state index contributed by atoms with van der Waals surface area (Å²) in [5.41, 5.74) is 12.8. The highest BCUT2D eigenvalue weighted by Gasteiger charge is 2.28. The SMILES string of the molecule is Cc1c(C(=O)Nc2cccc([N+](=O)[O-])c2)oc2c1/C(=N/N=C(N)N)CCC2. The molecule has 10 heteroatoms. The zero-order valence-electron chi connectivity index (χ0n) is 14.6. The van der Waals surface area contributed by atoms with Crippen LogP contribution in [0.25, 0.3) is 0 Å². The Hall–Kier alpha value is -3.69. The van der Waals surface area contributed by atoms with Crippen LogP contribution >= 0.6 is 0 Å². The monoisotopic (exact) mass is 370 g/mol. The molecule has 0 saturated heterocycles. The molecule has 1 amide bonds. The third kappa shape index (κ3) is 3.78. The fraction of sp³-hybridized carbons (Fsp3) is 0.235. The number of carbonyl (C=O) groups excluding carboxylic acids is 1. The van der Waals surface area contributed by atoms with Gasteiger partial charge in [-0.25, -0.2) is 0 Å². The minimum atomic E-state index is -0.529. The second-order valence-corrected chi connectivity index (χ2v) is 6.04. The summed E-state index contributed by atoms with van der Waals surface area (Å²) < 4.78 is 5.75. The maximum Gasteiger partial charge on any atom is 0.291 e. The van der Waals surface area contributed by atoms with Crippen LogP contribution in [0.1, 0.15) is 40.3 Å². The lowest BCUT2D eigenvalue weighted by Crippen LogP contribution is -2.22. The number of guanidine groups is 1. The maximum atomic E-state index is 12.6. The van der Waals surface area contributed by atoms with E-state index in [4.69, 9.17) is 15.9 Å². The molecular formula is C17H18N6O4. The largest absolute Gasteiger partial charge is 0.455 e. The van der Waals surface area contributed by atoms with Crippen molar-refractivity contribution in [3.05, 3.63) is 57.0 Å². The highest BCUT2D eigenvalue weighted by molar-refractivity contribution is 6.09. The summed E-state index contributed by atoms with van der Waals surface area (Å²) in [4.78, 5) is 23.0. The van der Waals surface area contributed by atoms with E-state index < -0.39 is 10.8 Å². The van der Waals surface area contributed by atoms with Crippen molar-refractivity contribution in [2.45, 2.75) is 26.2 Å². The molecule has 0 unspecified atom stereocenters. The smallest absolute Gasteiger partial charge is 0.291 e. The quantitative estimate of drug-likeness (QED) is 0.323. The molecule has 0 spiro atoms. The molecule has 1 aromatic carbocycles. The van der Waals surface area contributed by atoms with Crippen molar-refractivity contribution in [1.82, 2.24) is 0 Å². The van der Waals surface area contributed by atoms with E-state index in [9.17, 15) is 14.9 Å². The Morgan fingerprint density at radius 1 is 1.33 bits per heavy atom. The number of aryl methyl sites for hydroxylation is 1. The fourth-order valence-corrected chi connectivity index (χ4v) is 2.99. The van der Waals surface area contributed by atoms with Crippen molar-refractivity contribution in [2.24, 2.45) is 21.7 Å². The number of carbonyl (C=O) groups is 1. The van der Waals surface area contributed by atoms with E-state index in [2.05, 4.69) is 15.5 Å². The van der Waals surface area contributed by atoms with E-state index >= 15 is 0 Å². The van der Waals surface area contributed by atoms with Gasteiger partial charge < -0.3 is 21.2 Å². The molecule has 2 aromatic rings. The standard InChI is InChI=1S/C17H18N6O4/c1-9-14-12(21-22-17(18)19)6-3-7-13(14)27-15(9)16(24)20-10-4-2-5-11(8-10)23(25)26/h2,4-5,8H,3,6-7H2,1H3,(H,20,24)(H4,18,19,22)/b21-12+. The summed E-state index contributed by atoms with van der Waals surface area (Å²) in [5.74, 6) is 0.126. The Bertz CT molecular complexity index is 972. The number of nitrogens with zero attached hydrogens (tertiary/aromatic N) is 3. The van der Waals surface area contributed by atoms with Crippen LogP contribution in [0, 0.1) is 17.0 Å². The number of nitro groups is 1. The predicted molar refractivity (Wildman–Crippen MR) is 99.8 cm³/mol. The summed E-state index contributed by atoms with van der Waals surface area (Å²) in [6.45, 7) is 1.75. The van der Waals surface area contributed by atoms with E-state index in [0.29, 0.717) is 35.6 Å². The first-order valence-corrected chi connectivity index (χ1v) is 8.20. The van der Waals surface area contributed by atoms with Crippen molar-refractivity contribution in [3.8, 4) is 0 Å². The molecule has 0 bridgehead atoms. The number of rotatable bonds is 4. The van der Waals surface area contributed by atoms with Crippen molar-refractivity contribution in [3.63, 3.8) is 0 Å². The van der Waals surface area contributed by atoms with Crippen LogP contribution < -0.4 is 16.8 Å². The first-order chi connectivity index (χ1) is 12.9. The Kier molecular flexibility index (Phi) is 4.88. The van der Waals surface area contributed by atoms with E-state index in [1.807, 2.05) is 0 Å². The molecule has 0 fully saturated rings. The third-order valence-corrected chi connectivity index (χ3v) is 4.13. The predicted octanol–water partition coefficient (Wildman–Crippen LogP) is 2.06. The number of nitrogens with one attached hydrogen (secondary N) is 1. The van der Waals surface area contributed by atoms with Crippen molar-refractivity contribution >= 4 is 29.0 Å². The van der Waals surface area contributed by atoms with Gasteiger partial charge in [-0.3, -0.25) is 14.9 Å². The molecule has 10 nitrogen and oxygen atoms in total. The van der Waals surface area contributed by atoms with Crippen LogP contribution in [0.3, 0.4) is 0 Å². The van der Waals surface area contributed by atoms with Crippen LogP contribution in [0.2, 0.25) is 0 Å². The molecular weight excluding hydrogens is 352 g/mol. The summed E-state index contributed by atoms with van der Waals surface area (Å²) in [5, 5.41) is 21.2. The molecule has 0 saturated carbocycles. The van der Waals surface area contributed by atoms with Crippen LogP contribution in [-0.4, -0.2) is 22.5 Å². The molecule has 140 valence electrons. The van der Waals surface area contributed by atoms with E-state index in [1.165, 1.54) is 18.2 Å². The van der Waals surface area contributed by atoms with Crippen LogP contribution in [0.4, 0.5) is 11.4 Å². The Morgan fingerprint density at radius 2 is 2.11 bits per heavy atom. The summed E-state index contributed by atoms with van der Waals surface area (Å²) in [6, 6.07) is 5.68. The van der Waals surface area contributed by atoms with Crippen molar-refractivity contribution in [2.75, 3.05) is 5.32 Å². The number of hydrogen-bond acceptors (Lipinski definition) is 6. The molecule has 1 aliphatic rings. The van der Waals surface area contributed by atoms with Gasteiger partial charge >= 0.3 is 0 Å². The van der Waals surface area contributed by atoms with E-state index in [-0.39, 0.29) is 17.4 Å². The van der Waals surface area contributed by atoms with E-state index in [1.54, 1.807) is 13.0 Å². The zero-order valence-corrected chi connectivity index (χ0v) is 14.6. The molecule has 3 rings (SSSR count). The van der Waals surface area contributed by atoms with Crippen molar-refractivity contribution < 1.29 is 14.1 Å². The number of nitro benzene ring substituents is 1. The number of benzene rings is 1. The Balaban J connectivity index is 1.91. The van der Waals surface area contributed by atoms with Gasteiger partial charge in [-0.05, 0) is 25.8 Å². The molecule has 1 heterocycles. The van der Waals surface area contributed by atoms with Crippen LogP contribution in [-0.2, 0) is 6.42 Å². The van der Waals surface area contributed by atoms with Crippen LogP contribution in [0.15, 0.2) is 38.9 Å². The molecule has 0 atom stereocenters. The second kappa shape index (κ2) is 7.28. The average Bonchev–Trinajstić information content (AvgIpc) is 2.97. The Morgan fingerprint density at radius 3 is 2.81 bits per heavy atom. The molecule has 27 heavy (non-hydrogen) atoms. The Labute approximate surface area is 154 Å². The highest BCUT2D eigenvalue weighted by atomic mass is 16.6. The highest BCUT2D eigenvalue weighted by Crippen LogP contribution is 2.30. The summed E-state index contributed by atoms with van der Waals surface area (Å²) in [7, 11) is 0. The van der Waals surface area contributed by atoms with Gasteiger partial charge in [0.15, 0.2) is 5.76 Å². The molecule has 1 aliphatic carbocycles. The van der Waals surface area contributed by atoms with E-state index in [0.717, 1.165) is 12.0 Å². The molecule has 1 aromatic heterocycles. The number of non-ortho nitro benzene ring substituents is 1. The van der Waals surface area contributed by atoms with Gasteiger partial charge in [0.1, 0.15) is 5.76 Å². The normalized spacial score (nSPS) is 14.5.